The summed E-state index contributed by atoms with van der Waals surface area (Å²) in [6.07, 6.45) is -0.659. The molecule has 1 atom stereocenters. The van der Waals surface area contributed by atoms with Gasteiger partial charge in [-0.1, -0.05) is 42.1 Å². The molecule has 0 spiro atoms. The van der Waals surface area contributed by atoms with Crippen LogP contribution >= 0.6 is 11.8 Å². The highest BCUT2D eigenvalue weighted by atomic mass is 32.2. The van der Waals surface area contributed by atoms with E-state index in [9.17, 15) is 9.50 Å². The number of aliphatic hydroxyl groups excluding tert-OH is 1. The maximum Gasteiger partial charge on any atom is 0.191 e. The number of aromatic nitrogens is 3. The van der Waals surface area contributed by atoms with Crippen molar-refractivity contribution in [2.75, 3.05) is 12.4 Å². The summed E-state index contributed by atoms with van der Waals surface area (Å²) in [6.45, 7) is 2.15. The minimum atomic E-state index is -0.659. The van der Waals surface area contributed by atoms with Crippen molar-refractivity contribution < 1.29 is 14.2 Å². The van der Waals surface area contributed by atoms with Crippen LogP contribution in [0, 0.1) is 12.7 Å². The molecule has 1 N–H and O–H groups in total. The van der Waals surface area contributed by atoms with Crippen molar-refractivity contribution in [3.05, 3.63) is 59.9 Å². The van der Waals surface area contributed by atoms with Crippen LogP contribution in [0.1, 0.15) is 5.56 Å². The number of aliphatic hydroxyl groups is 1. The Labute approximate surface area is 155 Å². The van der Waals surface area contributed by atoms with Crippen molar-refractivity contribution in [2.24, 2.45) is 7.05 Å². The molecule has 136 valence electrons. The maximum atomic E-state index is 13.9. The summed E-state index contributed by atoms with van der Waals surface area (Å²) >= 11 is 1.35. The molecular weight excluding hydrogens is 353 g/mol. The lowest BCUT2D eigenvalue weighted by Gasteiger charge is -2.13. The van der Waals surface area contributed by atoms with E-state index in [-0.39, 0.29) is 12.4 Å². The van der Waals surface area contributed by atoms with Crippen molar-refractivity contribution >= 4 is 11.8 Å². The molecular formula is C19H20FN3O2S. The molecule has 0 saturated heterocycles. The molecule has 3 aromatic rings. The fourth-order valence-corrected chi connectivity index (χ4v) is 3.26. The summed E-state index contributed by atoms with van der Waals surface area (Å²) in [5.41, 5.74) is 1.42. The Bertz CT molecular complexity index is 885. The number of rotatable bonds is 7. The topological polar surface area (TPSA) is 60.2 Å². The Morgan fingerprint density at radius 2 is 1.88 bits per heavy atom. The van der Waals surface area contributed by atoms with Gasteiger partial charge in [-0.3, -0.25) is 0 Å². The van der Waals surface area contributed by atoms with Gasteiger partial charge in [0.25, 0.3) is 0 Å². The van der Waals surface area contributed by atoms with Gasteiger partial charge in [-0.25, -0.2) is 4.39 Å². The van der Waals surface area contributed by atoms with Crippen molar-refractivity contribution in [3.8, 4) is 17.1 Å². The van der Waals surface area contributed by atoms with E-state index in [1.54, 1.807) is 29.8 Å². The molecule has 0 aliphatic carbocycles. The molecule has 0 radical (unpaired) electrons. The Morgan fingerprint density at radius 1 is 1.15 bits per heavy atom. The number of benzene rings is 2. The van der Waals surface area contributed by atoms with E-state index >= 15 is 0 Å². The van der Waals surface area contributed by atoms with Crippen LogP contribution in [0.25, 0.3) is 11.4 Å². The number of nitrogens with zero attached hydrogens (tertiary/aromatic N) is 3. The van der Waals surface area contributed by atoms with Gasteiger partial charge in [0.2, 0.25) is 0 Å². The number of ether oxygens (including phenoxy) is 1. The number of thioether (sulfide) groups is 1. The number of para-hydroxylation sites is 1. The monoisotopic (exact) mass is 373 g/mol. The van der Waals surface area contributed by atoms with Crippen LogP contribution in [-0.4, -0.2) is 38.3 Å². The van der Waals surface area contributed by atoms with Crippen molar-refractivity contribution in [1.82, 2.24) is 14.8 Å². The van der Waals surface area contributed by atoms with Gasteiger partial charge in [0.1, 0.15) is 18.2 Å². The van der Waals surface area contributed by atoms with Gasteiger partial charge in [0.05, 0.1) is 11.7 Å². The Kier molecular flexibility index (Phi) is 5.90. The van der Waals surface area contributed by atoms with Crippen LogP contribution in [-0.2, 0) is 7.05 Å². The standard InChI is InChI=1S/C19H20FN3O2S/c1-13-7-3-6-10-17(13)25-11-14(24)12-26-19-22-21-18(23(19)2)15-8-4-5-9-16(15)20/h3-10,14,24H,11-12H2,1-2H3/t14-/m1/s1. The van der Waals surface area contributed by atoms with Gasteiger partial charge in [0.15, 0.2) is 11.0 Å². The van der Waals surface area contributed by atoms with E-state index in [0.29, 0.717) is 22.3 Å². The summed E-state index contributed by atoms with van der Waals surface area (Å²) in [5, 5.41) is 18.9. The Hall–Kier alpha value is -2.38. The highest BCUT2D eigenvalue weighted by Gasteiger charge is 2.16. The van der Waals surface area contributed by atoms with Crippen molar-refractivity contribution in [3.63, 3.8) is 0 Å². The highest BCUT2D eigenvalue weighted by Crippen LogP contribution is 2.25. The second-order valence-electron chi connectivity index (χ2n) is 5.89. The lowest BCUT2D eigenvalue weighted by molar-refractivity contribution is 0.126. The molecule has 0 unspecified atom stereocenters. The lowest BCUT2D eigenvalue weighted by Crippen LogP contribution is -2.20. The SMILES string of the molecule is Cc1ccccc1OC[C@@H](O)CSc1nnc(-c2ccccc2F)n1C. The molecule has 3 rings (SSSR count). The molecule has 5 nitrogen and oxygen atoms in total. The summed E-state index contributed by atoms with van der Waals surface area (Å²) in [6, 6.07) is 14.1. The average molecular weight is 373 g/mol. The lowest BCUT2D eigenvalue weighted by atomic mass is 10.2. The van der Waals surface area contributed by atoms with Gasteiger partial charge >= 0.3 is 0 Å². The largest absolute Gasteiger partial charge is 0.491 e. The molecule has 26 heavy (non-hydrogen) atoms. The zero-order valence-corrected chi connectivity index (χ0v) is 15.4. The van der Waals surface area contributed by atoms with Gasteiger partial charge < -0.3 is 14.4 Å². The molecule has 0 bridgehead atoms. The fourth-order valence-electron chi connectivity index (χ4n) is 2.44. The fraction of sp³-hybridized carbons (Fsp3) is 0.263. The first-order chi connectivity index (χ1) is 12.6. The van der Waals surface area contributed by atoms with Crippen molar-refractivity contribution in [1.29, 1.82) is 0 Å². The average Bonchev–Trinajstić information content (AvgIpc) is 3.00. The zero-order chi connectivity index (χ0) is 18.5. The summed E-state index contributed by atoms with van der Waals surface area (Å²) < 4.78 is 21.3. The van der Waals surface area contributed by atoms with E-state index in [1.807, 2.05) is 31.2 Å². The molecule has 0 fully saturated rings. The number of hydrogen-bond acceptors (Lipinski definition) is 5. The highest BCUT2D eigenvalue weighted by molar-refractivity contribution is 7.99. The number of hydrogen-bond donors (Lipinski definition) is 1. The first kappa shape index (κ1) is 18.4. The second kappa shape index (κ2) is 8.33. The third-order valence-electron chi connectivity index (χ3n) is 3.88. The molecule has 0 saturated carbocycles. The van der Waals surface area contributed by atoms with E-state index < -0.39 is 6.10 Å². The summed E-state index contributed by atoms with van der Waals surface area (Å²) in [4.78, 5) is 0. The second-order valence-corrected chi connectivity index (χ2v) is 6.87. The van der Waals surface area contributed by atoms with Gasteiger partial charge in [-0.2, -0.15) is 0 Å². The minimum Gasteiger partial charge on any atom is -0.491 e. The van der Waals surface area contributed by atoms with E-state index in [0.717, 1.165) is 11.3 Å². The zero-order valence-electron chi connectivity index (χ0n) is 14.6. The van der Waals surface area contributed by atoms with Crippen LogP contribution in [0.3, 0.4) is 0 Å². The Balaban J connectivity index is 1.58. The molecule has 0 amide bonds. The van der Waals surface area contributed by atoms with E-state index in [1.165, 1.54) is 17.8 Å². The third kappa shape index (κ3) is 4.23. The molecule has 1 aromatic heterocycles. The molecule has 0 aliphatic rings. The minimum absolute atomic E-state index is 0.190. The maximum absolute atomic E-state index is 13.9. The van der Waals surface area contributed by atoms with E-state index in [2.05, 4.69) is 10.2 Å². The molecule has 7 heteroatoms. The quantitative estimate of drug-likeness (QED) is 0.643. The smallest absolute Gasteiger partial charge is 0.191 e. The van der Waals surface area contributed by atoms with Crippen LogP contribution in [0.2, 0.25) is 0 Å². The van der Waals surface area contributed by atoms with Gasteiger partial charge in [-0.05, 0) is 30.7 Å². The number of halogens is 1. The van der Waals surface area contributed by atoms with Gasteiger partial charge in [0, 0.05) is 12.8 Å². The van der Waals surface area contributed by atoms with Crippen molar-refractivity contribution in [2.45, 2.75) is 18.2 Å². The summed E-state index contributed by atoms with van der Waals surface area (Å²) in [7, 11) is 1.78. The first-order valence-electron chi connectivity index (χ1n) is 8.20. The Morgan fingerprint density at radius 3 is 2.65 bits per heavy atom. The van der Waals surface area contributed by atoms with Crippen LogP contribution in [0.4, 0.5) is 4.39 Å². The first-order valence-corrected chi connectivity index (χ1v) is 9.18. The third-order valence-corrected chi connectivity index (χ3v) is 5.04. The van der Waals surface area contributed by atoms with Crippen LogP contribution < -0.4 is 4.74 Å². The number of aryl methyl sites for hydroxylation is 1. The normalized spacial score (nSPS) is 12.2. The van der Waals surface area contributed by atoms with Crippen LogP contribution in [0.15, 0.2) is 53.7 Å². The predicted molar refractivity (Wildman–Crippen MR) is 99.8 cm³/mol. The molecule has 0 aliphatic heterocycles. The van der Waals surface area contributed by atoms with Gasteiger partial charge in [-0.15, -0.1) is 10.2 Å². The van der Waals surface area contributed by atoms with E-state index in [4.69, 9.17) is 4.74 Å². The molecule has 2 aromatic carbocycles. The van der Waals surface area contributed by atoms with Crippen LogP contribution in [0.5, 0.6) is 5.75 Å². The summed E-state index contributed by atoms with van der Waals surface area (Å²) in [5.74, 6) is 1.27. The molecule has 1 heterocycles. The predicted octanol–water partition coefficient (Wildman–Crippen LogP) is 3.46.